The average Bonchev–Trinajstić information content (AvgIpc) is 3.33. The van der Waals surface area contributed by atoms with Crippen molar-refractivity contribution in [3.05, 3.63) is 29.6 Å². The second-order valence-corrected chi connectivity index (χ2v) is 7.11. The molecule has 1 aromatic carbocycles. The fraction of sp³-hybridized carbons (Fsp3) is 0.526. The van der Waals surface area contributed by atoms with Crippen molar-refractivity contribution in [2.24, 2.45) is 11.3 Å². The zero-order valence-electron chi connectivity index (χ0n) is 14.7. The maximum atomic E-state index is 13.7. The maximum absolute atomic E-state index is 13.7. The lowest BCUT2D eigenvalue weighted by atomic mass is 9.90. The first-order valence-corrected chi connectivity index (χ1v) is 8.73. The molecule has 1 aliphatic heterocycles. The summed E-state index contributed by atoms with van der Waals surface area (Å²) in [6.45, 7) is 1.07. The van der Waals surface area contributed by atoms with Gasteiger partial charge in [-0.2, -0.15) is 0 Å². The Kier molecular flexibility index (Phi) is 4.98. The number of benzene rings is 1. The molecule has 1 saturated heterocycles. The number of carbonyl (C=O) groups excluding carboxylic acids is 2. The fourth-order valence-corrected chi connectivity index (χ4v) is 3.81. The second kappa shape index (κ2) is 7.05. The summed E-state index contributed by atoms with van der Waals surface area (Å²) in [5.41, 5.74) is 0.0926. The molecule has 140 valence electrons. The van der Waals surface area contributed by atoms with Crippen LogP contribution >= 0.6 is 0 Å². The van der Waals surface area contributed by atoms with Crippen LogP contribution in [-0.2, 0) is 9.59 Å². The number of carboxylic acid groups (broad SMARTS) is 1. The molecule has 0 bridgehead atoms. The van der Waals surface area contributed by atoms with Gasteiger partial charge >= 0.3 is 5.97 Å². The summed E-state index contributed by atoms with van der Waals surface area (Å²) in [5.74, 6) is -1.97. The number of hydrogen-bond donors (Lipinski definition) is 1. The number of piperidine rings is 1. The van der Waals surface area contributed by atoms with Crippen LogP contribution in [0.5, 0.6) is 5.75 Å². The molecular weight excluding hydrogens is 341 g/mol. The number of halogens is 1. The molecular formula is C19H22FNO5. The van der Waals surface area contributed by atoms with E-state index in [0.717, 1.165) is 6.07 Å². The van der Waals surface area contributed by atoms with Crippen molar-refractivity contribution in [1.82, 2.24) is 4.90 Å². The van der Waals surface area contributed by atoms with E-state index in [1.807, 2.05) is 0 Å². The molecule has 2 fully saturated rings. The Morgan fingerprint density at radius 2 is 1.96 bits per heavy atom. The van der Waals surface area contributed by atoms with Gasteiger partial charge in [0.15, 0.2) is 17.3 Å². The Morgan fingerprint density at radius 3 is 2.50 bits per heavy atom. The lowest BCUT2D eigenvalue weighted by Gasteiger charge is -2.32. The van der Waals surface area contributed by atoms with Crippen molar-refractivity contribution >= 4 is 17.7 Å². The molecule has 1 spiro atoms. The third-order valence-corrected chi connectivity index (χ3v) is 5.64. The predicted molar refractivity (Wildman–Crippen MR) is 90.5 cm³/mol. The minimum atomic E-state index is -0.748. The molecule has 1 atom stereocenters. The van der Waals surface area contributed by atoms with Crippen LogP contribution in [0.2, 0.25) is 0 Å². The number of aliphatic carboxylic acids is 1. The smallest absolute Gasteiger partial charge is 0.307 e. The van der Waals surface area contributed by atoms with Crippen LogP contribution in [0.15, 0.2) is 18.2 Å². The SMILES string of the molecule is COc1ccc(C(=O)CCC(=O)N2CCC3(CC2)CC3C(=O)O)cc1F. The Bertz CT molecular complexity index is 739. The average molecular weight is 363 g/mol. The van der Waals surface area contributed by atoms with Gasteiger partial charge in [-0.15, -0.1) is 0 Å². The van der Waals surface area contributed by atoms with E-state index >= 15 is 0 Å². The summed E-state index contributed by atoms with van der Waals surface area (Å²) >= 11 is 0. The molecule has 3 rings (SSSR count). The first kappa shape index (κ1) is 18.4. The van der Waals surface area contributed by atoms with Crippen molar-refractivity contribution in [1.29, 1.82) is 0 Å². The molecule has 1 aromatic rings. The molecule has 1 heterocycles. The lowest BCUT2D eigenvalue weighted by Crippen LogP contribution is -2.40. The van der Waals surface area contributed by atoms with Gasteiger partial charge in [0.25, 0.3) is 0 Å². The standard InChI is InChI=1S/C19H22FNO5/c1-26-16-4-2-12(10-14(16)20)15(22)3-5-17(23)21-8-6-19(7-9-21)11-13(19)18(24)25/h2,4,10,13H,3,5-9,11H2,1H3,(H,24,25). The van der Waals surface area contributed by atoms with Gasteiger partial charge in [0, 0.05) is 31.5 Å². The van der Waals surface area contributed by atoms with Crippen molar-refractivity contribution in [2.75, 3.05) is 20.2 Å². The highest BCUT2D eigenvalue weighted by atomic mass is 19.1. The Labute approximate surface area is 150 Å². The van der Waals surface area contributed by atoms with Crippen LogP contribution in [0.3, 0.4) is 0 Å². The van der Waals surface area contributed by atoms with Crippen molar-refractivity contribution in [3.8, 4) is 5.75 Å². The minimum absolute atomic E-state index is 0.0179. The van der Waals surface area contributed by atoms with E-state index in [4.69, 9.17) is 9.84 Å². The summed E-state index contributed by atoms with van der Waals surface area (Å²) in [5, 5.41) is 9.10. The Balaban J connectivity index is 1.48. The van der Waals surface area contributed by atoms with E-state index in [0.29, 0.717) is 32.4 Å². The van der Waals surface area contributed by atoms with E-state index in [1.54, 1.807) is 4.90 Å². The number of Topliss-reactive ketones (excluding diaryl/α,β-unsaturated/α-hetero) is 1. The highest BCUT2D eigenvalue weighted by molar-refractivity contribution is 5.98. The minimum Gasteiger partial charge on any atom is -0.494 e. The second-order valence-electron chi connectivity index (χ2n) is 7.11. The molecule has 1 saturated carbocycles. The first-order chi connectivity index (χ1) is 12.4. The largest absolute Gasteiger partial charge is 0.494 e. The predicted octanol–water partition coefficient (Wildman–Crippen LogP) is 2.51. The number of methoxy groups -OCH3 is 1. The number of carbonyl (C=O) groups is 3. The number of hydrogen-bond acceptors (Lipinski definition) is 4. The van der Waals surface area contributed by atoms with Gasteiger partial charge in [-0.3, -0.25) is 14.4 Å². The number of ether oxygens (including phenoxy) is 1. The van der Waals surface area contributed by atoms with Crippen LogP contribution < -0.4 is 4.74 Å². The third-order valence-electron chi connectivity index (χ3n) is 5.64. The summed E-state index contributed by atoms with van der Waals surface area (Å²) in [7, 11) is 1.35. The van der Waals surface area contributed by atoms with Crippen LogP contribution in [0.1, 0.15) is 42.5 Å². The first-order valence-electron chi connectivity index (χ1n) is 8.73. The van der Waals surface area contributed by atoms with Gasteiger partial charge in [-0.05, 0) is 42.9 Å². The van der Waals surface area contributed by atoms with Crippen LogP contribution in [-0.4, -0.2) is 47.9 Å². The lowest BCUT2D eigenvalue weighted by molar-refractivity contribution is -0.139. The number of amides is 1. The highest BCUT2D eigenvalue weighted by Crippen LogP contribution is 2.59. The molecule has 26 heavy (non-hydrogen) atoms. The fourth-order valence-electron chi connectivity index (χ4n) is 3.81. The van der Waals surface area contributed by atoms with Gasteiger partial charge in [-0.1, -0.05) is 0 Å². The van der Waals surface area contributed by atoms with E-state index < -0.39 is 11.8 Å². The monoisotopic (exact) mass is 363 g/mol. The Morgan fingerprint density at radius 1 is 1.27 bits per heavy atom. The molecule has 1 unspecified atom stereocenters. The van der Waals surface area contributed by atoms with Gasteiger partial charge in [-0.25, -0.2) is 4.39 Å². The summed E-state index contributed by atoms with van der Waals surface area (Å²) < 4.78 is 18.5. The van der Waals surface area contributed by atoms with E-state index in [9.17, 15) is 18.8 Å². The van der Waals surface area contributed by atoms with Crippen LogP contribution in [0.4, 0.5) is 4.39 Å². The van der Waals surface area contributed by atoms with E-state index in [-0.39, 0.29) is 47.2 Å². The number of nitrogens with zero attached hydrogens (tertiary/aromatic N) is 1. The zero-order chi connectivity index (χ0) is 18.9. The summed E-state index contributed by atoms with van der Waals surface area (Å²) in [6, 6.07) is 4.00. The quantitative estimate of drug-likeness (QED) is 0.785. The van der Waals surface area contributed by atoms with Crippen molar-refractivity contribution in [2.45, 2.75) is 32.1 Å². The molecule has 2 aliphatic rings. The molecule has 0 radical (unpaired) electrons. The van der Waals surface area contributed by atoms with Crippen molar-refractivity contribution < 1.29 is 28.6 Å². The Hall–Kier alpha value is -2.44. The normalized spacial score (nSPS) is 20.7. The molecule has 0 aromatic heterocycles. The molecule has 7 heteroatoms. The van der Waals surface area contributed by atoms with Gasteiger partial charge in [0.1, 0.15) is 0 Å². The number of rotatable bonds is 6. The molecule has 1 aliphatic carbocycles. The molecule has 1 N–H and O–H groups in total. The van der Waals surface area contributed by atoms with E-state index in [2.05, 4.69) is 0 Å². The van der Waals surface area contributed by atoms with Gasteiger partial charge in [0.05, 0.1) is 13.0 Å². The summed E-state index contributed by atoms with van der Waals surface area (Å²) in [6.07, 6.45) is 2.19. The van der Waals surface area contributed by atoms with Crippen molar-refractivity contribution in [3.63, 3.8) is 0 Å². The summed E-state index contributed by atoms with van der Waals surface area (Å²) in [4.78, 5) is 37.3. The highest BCUT2D eigenvalue weighted by Gasteiger charge is 2.59. The topological polar surface area (TPSA) is 83.9 Å². The number of ketones is 1. The number of likely N-dealkylation sites (tertiary alicyclic amines) is 1. The van der Waals surface area contributed by atoms with E-state index in [1.165, 1.54) is 19.2 Å². The zero-order valence-corrected chi connectivity index (χ0v) is 14.7. The maximum Gasteiger partial charge on any atom is 0.307 e. The number of carboxylic acids is 1. The van der Waals surface area contributed by atoms with Gasteiger partial charge in [0.2, 0.25) is 5.91 Å². The molecule has 1 amide bonds. The van der Waals surface area contributed by atoms with Gasteiger partial charge < -0.3 is 14.7 Å². The van der Waals surface area contributed by atoms with Crippen LogP contribution in [0, 0.1) is 17.2 Å². The van der Waals surface area contributed by atoms with Crippen LogP contribution in [0.25, 0.3) is 0 Å². The molecule has 6 nitrogen and oxygen atoms in total. The third kappa shape index (κ3) is 3.57.